The second kappa shape index (κ2) is 4.97. The molecule has 1 N–H and O–H groups in total. The Labute approximate surface area is 114 Å². The lowest BCUT2D eigenvalue weighted by atomic mass is 10.2. The van der Waals surface area contributed by atoms with Crippen LogP contribution in [0.1, 0.15) is 17.3 Å². The van der Waals surface area contributed by atoms with Crippen LogP contribution in [0.2, 0.25) is 0 Å². The van der Waals surface area contributed by atoms with Crippen LogP contribution in [0.15, 0.2) is 22.7 Å². The molecule has 0 radical (unpaired) electrons. The second-order valence-corrected chi connectivity index (χ2v) is 5.43. The summed E-state index contributed by atoms with van der Waals surface area (Å²) in [7, 11) is 0. The van der Waals surface area contributed by atoms with Crippen molar-refractivity contribution in [3.63, 3.8) is 0 Å². The summed E-state index contributed by atoms with van der Waals surface area (Å²) in [4.78, 5) is 8.71. The summed E-state index contributed by atoms with van der Waals surface area (Å²) in [5.74, 6) is 1.33. The van der Waals surface area contributed by atoms with Crippen molar-refractivity contribution < 1.29 is 4.52 Å². The first-order valence-electron chi connectivity index (χ1n) is 6.11. The summed E-state index contributed by atoms with van der Waals surface area (Å²) in [6.07, 6.45) is 0.704. The SMILES string of the molecule is Cc1ccc2sc(NCCc3nc(C)no3)nc2c1. The third-order valence-corrected chi connectivity index (χ3v) is 3.72. The zero-order chi connectivity index (χ0) is 13.2. The highest BCUT2D eigenvalue weighted by Crippen LogP contribution is 2.26. The summed E-state index contributed by atoms with van der Waals surface area (Å²) in [6.45, 7) is 4.63. The Morgan fingerprint density at radius 3 is 2.95 bits per heavy atom. The first-order valence-corrected chi connectivity index (χ1v) is 6.92. The molecule has 19 heavy (non-hydrogen) atoms. The molecule has 0 saturated carbocycles. The lowest BCUT2D eigenvalue weighted by Gasteiger charge is -1.97. The van der Waals surface area contributed by atoms with Gasteiger partial charge in [-0.3, -0.25) is 0 Å². The molecule has 0 fully saturated rings. The van der Waals surface area contributed by atoms with Gasteiger partial charge >= 0.3 is 0 Å². The number of hydrogen-bond donors (Lipinski definition) is 1. The summed E-state index contributed by atoms with van der Waals surface area (Å²) < 4.78 is 6.25. The van der Waals surface area contributed by atoms with E-state index in [-0.39, 0.29) is 0 Å². The topological polar surface area (TPSA) is 63.8 Å². The number of aromatic nitrogens is 3. The maximum Gasteiger partial charge on any atom is 0.228 e. The average molecular weight is 274 g/mol. The lowest BCUT2D eigenvalue weighted by molar-refractivity contribution is 0.377. The minimum absolute atomic E-state index is 0.655. The summed E-state index contributed by atoms with van der Waals surface area (Å²) in [6, 6.07) is 6.30. The molecule has 0 aliphatic rings. The molecule has 0 saturated heterocycles. The van der Waals surface area contributed by atoms with Crippen LogP contribution >= 0.6 is 11.3 Å². The number of nitrogens with one attached hydrogen (secondary N) is 1. The molecule has 0 spiro atoms. The van der Waals surface area contributed by atoms with Crippen molar-refractivity contribution in [3.05, 3.63) is 35.5 Å². The Kier molecular flexibility index (Phi) is 3.16. The van der Waals surface area contributed by atoms with E-state index in [1.54, 1.807) is 11.3 Å². The number of fused-ring (bicyclic) bond motifs is 1. The fourth-order valence-corrected chi connectivity index (χ4v) is 2.70. The Hall–Kier alpha value is -1.95. The van der Waals surface area contributed by atoms with E-state index in [2.05, 4.69) is 45.6 Å². The zero-order valence-corrected chi connectivity index (χ0v) is 11.6. The van der Waals surface area contributed by atoms with Gasteiger partial charge in [-0.1, -0.05) is 22.6 Å². The van der Waals surface area contributed by atoms with Gasteiger partial charge in [0.25, 0.3) is 0 Å². The molecular formula is C13H14N4OS. The number of rotatable bonds is 4. The van der Waals surface area contributed by atoms with Crippen LogP contribution in [0, 0.1) is 13.8 Å². The standard InChI is InChI=1S/C13H14N4OS/c1-8-3-4-11-10(7-8)16-13(19-11)14-6-5-12-15-9(2)17-18-12/h3-4,7H,5-6H2,1-2H3,(H,14,16). The molecule has 0 atom stereocenters. The Morgan fingerprint density at radius 2 is 2.16 bits per heavy atom. The molecule has 1 aromatic carbocycles. The van der Waals surface area contributed by atoms with Crippen LogP contribution in [0.5, 0.6) is 0 Å². The van der Waals surface area contributed by atoms with E-state index in [4.69, 9.17) is 4.52 Å². The highest BCUT2D eigenvalue weighted by molar-refractivity contribution is 7.22. The lowest BCUT2D eigenvalue weighted by Crippen LogP contribution is -2.04. The van der Waals surface area contributed by atoms with E-state index in [0.717, 1.165) is 17.2 Å². The van der Waals surface area contributed by atoms with Gasteiger partial charge in [-0.15, -0.1) is 0 Å². The second-order valence-electron chi connectivity index (χ2n) is 4.40. The molecule has 0 aliphatic heterocycles. The molecule has 0 amide bonds. The van der Waals surface area contributed by atoms with Crippen LogP contribution in [0.4, 0.5) is 5.13 Å². The van der Waals surface area contributed by atoms with Crippen LogP contribution in [0.3, 0.4) is 0 Å². The monoisotopic (exact) mass is 274 g/mol. The van der Waals surface area contributed by atoms with Crippen molar-refractivity contribution in [1.29, 1.82) is 0 Å². The van der Waals surface area contributed by atoms with Crippen molar-refractivity contribution in [3.8, 4) is 0 Å². The maximum atomic E-state index is 5.06. The number of thiazole rings is 1. The van der Waals surface area contributed by atoms with Crippen molar-refractivity contribution in [1.82, 2.24) is 15.1 Å². The fraction of sp³-hybridized carbons (Fsp3) is 0.308. The van der Waals surface area contributed by atoms with Gasteiger partial charge in [-0.05, 0) is 31.5 Å². The first-order chi connectivity index (χ1) is 9.20. The molecule has 2 aromatic heterocycles. The van der Waals surface area contributed by atoms with Crippen molar-refractivity contribution >= 4 is 26.7 Å². The Bertz CT molecular complexity index is 704. The first kappa shape index (κ1) is 12.1. The summed E-state index contributed by atoms with van der Waals surface area (Å²) in [5.41, 5.74) is 2.27. The minimum atomic E-state index is 0.655. The van der Waals surface area contributed by atoms with Crippen LogP contribution in [-0.2, 0) is 6.42 Å². The van der Waals surface area contributed by atoms with Crippen molar-refractivity contribution in [2.75, 3.05) is 11.9 Å². The molecule has 3 rings (SSSR count). The van der Waals surface area contributed by atoms with Gasteiger partial charge in [-0.25, -0.2) is 4.98 Å². The largest absolute Gasteiger partial charge is 0.361 e. The average Bonchev–Trinajstić information content (AvgIpc) is 2.95. The predicted octanol–water partition coefficient (Wildman–Crippen LogP) is 2.95. The van der Waals surface area contributed by atoms with Crippen LogP contribution < -0.4 is 5.32 Å². The van der Waals surface area contributed by atoms with Gasteiger partial charge in [0.1, 0.15) is 0 Å². The van der Waals surface area contributed by atoms with Crippen molar-refractivity contribution in [2.45, 2.75) is 20.3 Å². The molecule has 0 unspecified atom stereocenters. The maximum absolute atomic E-state index is 5.06. The fourth-order valence-electron chi connectivity index (χ4n) is 1.83. The number of benzene rings is 1. The van der Waals surface area contributed by atoms with E-state index in [0.29, 0.717) is 18.1 Å². The third-order valence-electron chi connectivity index (χ3n) is 2.73. The predicted molar refractivity (Wildman–Crippen MR) is 75.6 cm³/mol. The minimum Gasteiger partial charge on any atom is -0.361 e. The molecule has 0 aliphatic carbocycles. The van der Waals surface area contributed by atoms with Gasteiger partial charge in [0.15, 0.2) is 11.0 Å². The summed E-state index contributed by atoms with van der Waals surface area (Å²) >= 11 is 1.66. The molecule has 5 nitrogen and oxygen atoms in total. The smallest absolute Gasteiger partial charge is 0.228 e. The van der Waals surface area contributed by atoms with Gasteiger partial charge < -0.3 is 9.84 Å². The van der Waals surface area contributed by atoms with Gasteiger partial charge in [0, 0.05) is 13.0 Å². The van der Waals surface area contributed by atoms with Gasteiger partial charge in [0.05, 0.1) is 10.2 Å². The number of hydrogen-bond acceptors (Lipinski definition) is 6. The van der Waals surface area contributed by atoms with E-state index < -0.39 is 0 Å². The number of aryl methyl sites for hydroxylation is 2. The normalized spacial score (nSPS) is 11.1. The Morgan fingerprint density at radius 1 is 1.26 bits per heavy atom. The quantitative estimate of drug-likeness (QED) is 0.792. The number of anilines is 1. The van der Waals surface area contributed by atoms with Crippen LogP contribution in [0.25, 0.3) is 10.2 Å². The van der Waals surface area contributed by atoms with E-state index in [1.807, 2.05) is 6.92 Å². The molecular weight excluding hydrogens is 260 g/mol. The molecule has 98 valence electrons. The highest BCUT2D eigenvalue weighted by Gasteiger charge is 2.05. The molecule has 3 aromatic rings. The van der Waals surface area contributed by atoms with Gasteiger partial charge in [0.2, 0.25) is 5.89 Å². The van der Waals surface area contributed by atoms with E-state index in [9.17, 15) is 0 Å². The third kappa shape index (κ3) is 2.73. The van der Waals surface area contributed by atoms with E-state index >= 15 is 0 Å². The van der Waals surface area contributed by atoms with Gasteiger partial charge in [-0.2, -0.15) is 4.98 Å². The molecule has 0 bridgehead atoms. The van der Waals surface area contributed by atoms with E-state index in [1.165, 1.54) is 10.3 Å². The number of nitrogens with zero attached hydrogens (tertiary/aromatic N) is 3. The van der Waals surface area contributed by atoms with Crippen molar-refractivity contribution in [2.24, 2.45) is 0 Å². The highest BCUT2D eigenvalue weighted by atomic mass is 32.1. The summed E-state index contributed by atoms with van der Waals surface area (Å²) in [5, 5.41) is 7.98. The Balaban J connectivity index is 1.65. The molecule has 2 heterocycles. The molecule has 6 heteroatoms. The zero-order valence-electron chi connectivity index (χ0n) is 10.8. The van der Waals surface area contributed by atoms with Crippen LogP contribution in [-0.4, -0.2) is 21.7 Å².